The van der Waals surface area contributed by atoms with Gasteiger partial charge in [-0.25, -0.2) is 9.59 Å². The van der Waals surface area contributed by atoms with E-state index in [4.69, 9.17) is 10.2 Å². The minimum Gasteiger partial charge on any atom is -0.480 e. The van der Waals surface area contributed by atoms with Gasteiger partial charge in [-0.15, -0.1) is 0 Å². The van der Waals surface area contributed by atoms with E-state index in [2.05, 4.69) is 10.6 Å². The van der Waals surface area contributed by atoms with Crippen LogP contribution < -0.4 is 10.6 Å². The average molecular weight is 232 g/mol. The van der Waals surface area contributed by atoms with E-state index in [1.165, 1.54) is 6.92 Å². The van der Waals surface area contributed by atoms with E-state index >= 15 is 0 Å². The van der Waals surface area contributed by atoms with Crippen molar-refractivity contribution in [3.8, 4) is 0 Å². The van der Waals surface area contributed by atoms with Gasteiger partial charge in [0, 0.05) is 6.54 Å². The zero-order chi connectivity index (χ0) is 12.7. The number of hydrogen-bond acceptors (Lipinski definition) is 3. The predicted octanol–water partition coefficient (Wildman–Crippen LogP) is 0.166. The van der Waals surface area contributed by atoms with Crippen molar-refractivity contribution < 1.29 is 19.8 Å². The largest absolute Gasteiger partial charge is 0.480 e. The molecule has 4 N–H and O–H groups in total. The van der Waals surface area contributed by atoms with Gasteiger partial charge < -0.3 is 20.8 Å². The van der Waals surface area contributed by atoms with Gasteiger partial charge in [-0.1, -0.05) is 13.8 Å². The first-order chi connectivity index (χ1) is 7.32. The number of carbonyl (C=O) groups excluding carboxylic acids is 1. The number of rotatable bonds is 6. The van der Waals surface area contributed by atoms with Crippen LogP contribution in [-0.4, -0.2) is 40.9 Å². The Hall–Kier alpha value is -1.30. The molecule has 2 amide bonds. The number of aliphatic hydroxyl groups excluding tert-OH is 1. The monoisotopic (exact) mass is 232 g/mol. The van der Waals surface area contributed by atoms with Crippen LogP contribution in [0.2, 0.25) is 0 Å². The molecule has 6 heteroatoms. The number of carbonyl (C=O) groups is 2. The summed E-state index contributed by atoms with van der Waals surface area (Å²) in [5, 5.41) is 22.5. The normalized spacial score (nSPS) is 14.3. The zero-order valence-electron chi connectivity index (χ0n) is 9.86. The van der Waals surface area contributed by atoms with Crippen LogP contribution in [0.5, 0.6) is 0 Å². The zero-order valence-corrected chi connectivity index (χ0v) is 9.86. The molecule has 0 heterocycles. The van der Waals surface area contributed by atoms with Gasteiger partial charge in [-0.3, -0.25) is 0 Å². The molecule has 2 atom stereocenters. The van der Waals surface area contributed by atoms with E-state index in [0.29, 0.717) is 6.42 Å². The Morgan fingerprint density at radius 2 is 1.81 bits per heavy atom. The molecule has 0 spiro atoms. The van der Waals surface area contributed by atoms with Crippen molar-refractivity contribution in [1.82, 2.24) is 10.6 Å². The molecule has 0 bridgehead atoms. The summed E-state index contributed by atoms with van der Waals surface area (Å²) in [5.41, 5.74) is 0. The fraction of sp³-hybridized carbons (Fsp3) is 0.800. The minimum absolute atomic E-state index is 0.0971. The number of carboxylic acids is 1. The Balaban J connectivity index is 4.08. The van der Waals surface area contributed by atoms with Crippen molar-refractivity contribution >= 4 is 12.0 Å². The summed E-state index contributed by atoms with van der Waals surface area (Å²) in [6, 6.07) is -1.47. The second kappa shape index (κ2) is 7.05. The van der Waals surface area contributed by atoms with Gasteiger partial charge in [-0.05, 0) is 19.3 Å². The van der Waals surface area contributed by atoms with Crippen LogP contribution in [0.15, 0.2) is 0 Å². The highest BCUT2D eigenvalue weighted by Crippen LogP contribution is 2.04. The third-order valence-corrected chi connectivity index (χ3v) is 1.87. The maximum absolute atomic E-state index is 11.2. The Morgan fingerprint density at radius 1 is 1.25 bits per heavy atom. The molecule has 0 saturated heterocycles. The summed E-state index contributed by atoms with van der Waals surface area (Å²) >= 11 is 0. The lowest BCUT2D eigenvalue weighted by Gasteiger charge is -2.17. The Bertz CT molecular complexity index is 241. The summed E-state index contributed by atoms with van der Waals surface area (Å²) in [5.74, 6) is -0.876. The topological polar surface area (TPSA) is 98.7 Å². The van der Waals surface area contributed by atoms with Crippen molar-refractivity contribution in [3.05, 3.63) is 0 Å². The van der Waals surface area contributed by atoms with Crippen LogP contribution in [0.3, 0.4) is 0 Å². The van der Waals surface area contributed by atoms with Gasteiger partial charge in [-0.2, -0.15) is 0 Å². The number of aliphatic carboxylic acids is 1. The fourth-order valence-electron chi connectivity index (χ4n) is 1.14. The highest BCUT2D eigenvalue weighted by Gasteiger charge is 2.20. The van der Waals surface area contributed by atoms with E-state index in [9.17, 15) is 9.59 Å². The van der Waals surface area contributed by atoms with E-state index < -0.39 is 24.1 Å². The quantitative estimate of drug-likeness (QED) is 0.524. The van der Waals surface area contributed by atoms with Gasteiger partial charge in [0.2, 0.25) is 0 Å². The molecule has 0 fully saturated rings. The summed E-state index contributed by atoms with van der Waals surface area (Å²) in [6.45, 7) is 5.39. The number of carboxylic acid groups (broad SMARTS) is 1. The lowest BCUT2D eigenvalue weighted by atomic mass is 10.0. The van der Waals surface area contributed by atoms with Crippen LogP contribution in [0.1, 0.15) is 27.2 Å². The molecule has 0 saturated carbocycles. The molecule has 16 heavy (non-hydrogen) atoms. The van der Waals surface area contributed by atoms with Crippen LogP contribution in [0.25, 0.3) is 0 Å². The first kappa shape index (κ1) is 14.7. The number of nitrogens with one attached hydrogen (secondary N) is 2. The number of urea groups is 1. The lowest BCUT2D eigenvalue weighted by Crippen LogP contribution is -2.47. The average Bonchev–Trinajstić information content (AvgIpc) is 2.12. The molecule has 0 aromatic carbocycles. The smallest absolute Gasteiger partial charge is 0.326 e. The Kier molecular flexibility index (Phi) is 6.48. The van der Waals surface area contributed by atoms with Crippen molar-refractivity contribution in [2.75, 3.05) is 6.54 Å². The predicted molar refractivity (Wildman–Crippen MR) is 59.1 cm³/mol. The van der Waals surface area contributed by atoms with Gasteiger partial charge in [0.15, 0.2) is 0 Å². The van der Waals surface area contributed by atoms with E-state index in [1.807, 2.05) is 13.8 Å². The summed E-state index contributed by atoms with van der Waals surface area (Å²) in [6.07, 6.45) is -0.281. The number of aliphatic hydroxyl groups is 1. The van der Waals surface area contributed by atoms with Crippen molar-refractivity contribution in [2.45, 2.75) is 39.3 Å². The molecule has 94 valence electrons. The third kappa shape index (κ3) is 7.05. The molecule has 0 aliphatic heterocycles. The summed E-state index contributed by atoms with van der Waals surface area (Å²) in [4.78, 5) is 22.1. The van der Waals surface area contributed by atoms with E-state index in [0.717, 1.165) is 0 Å². The maximum atomic E-state index is 11.2. The molecule has 0 aromatic heterocycles. The van der Waals surface area contributed by atoms with Crippen LogP contribution >= 0.6 is 0 Å². The van der Waals surface area contributed by atoms with Crippen molar-refractivity contribution in [2.24, 2.45) is 5.92 Å². The van der Waals surface area contributed by atoms with Gasteiger partial charge in [0.05, 0.1) is 6.10 Å². The second-order valence-corrected chi connectivity index (χ2v) is 4.22. The molecule has 0 aliphatic rings. The fourth-order valence-corrected chi connectivity index (χ4v) is 1.14. The van der Waals surface area contributed by atoms with Crippen LogP contribution in [-0.2, 0) is 4.79 Å². The number of amides is 2. The van der Waals surface area contributed by atoms with Gasteiger partial charge in [0.1, 0.15) is 6.04 Å². The highest BCUT2D eigenvalue weighted by molar-refractivity contribution is 5.82. The Morgan fingerprint density at radius 3 is 2.19 bits per heavy atom. The summed E-state index contributed by atoms with van der Waals surface area (Å²) < 4.78 is 0. The lowest BCUT2D eigenvalue weighted by molar-refractivity contribution is -0.139. The molecule has 0 aromatic rings. The Labute approximate surface area is 95.0 Å². The highest BCUT2D eigenvalue weighted by atomic mass is 16.4. The third-order valence-electron chi connectivity index (χ3n) is 1.87. The molecular weight excluding hydrogens is 212 g/mol. The molecule has 6 nitrogen and oxygen atoms in total. The molecule has 0 radical (unpaired) electrons. The molecular formula is C10H20N2O4. The maximum Gasteiger partial charge on any atom is 0.326 e. The van der Waals surface area contributed by atoms with Crippen molar-refractivity contribution in [1.29, 1.82) is 0 Å². The first-order valence-corrected chi connectivity index (χ1v) is 5.28. The van der Waals surface area contributed by atoms with E-state index in [-0.39, 0.29) is 12.5 Å². The second-order valence-electron chi connectivity index (χ2n) is 4.22. The first-order valence-electron chi connectivity index (χ1n) is 5.28. The SMILES string of the molecule is CC(C)C[C@@H](NC(=O)NC[C@@H](C)O)C(=O)O. The molecule has 0 unspecified atom stereocenters. The minimum atomic E-state index is -1.05. The van der Waals surface area contributed by atoms with E-state index in [1.54, 1.807) is 0 Å². The number of hydrogen-bond donors (Lipinski definition) is 4. The van der Waals surface area contributed by atoms with Gasteiger partial charge in [0.25, 0.3) is 0 Å². The standard InChI is InChI=1S/C10H20N2O4/c1-6(2)4-8(9(14)15)12-10(16)11-5-7(3)13/h6-8,13H,4-5H2,1-3H3,(H,14,15)(H2,11,12,16)/t7-,8-/m1/s1. The van der Waals surface area contributed by atoms with Crippen LogP contribution in [0.4, 0.5) is 4.79 Å². The summed E-state index contributed by atoms with van der Waals surface area (Å²) in [7, 11) is 0. The molecule has 0 aliphatic carbocycles. The van der Waals surface area contributed by atoms with Crippen LogP contribution in [0, 0.1) is 5.92 Å². The van der Waals surface area contributed by atoms with Crippen molar-refractivity contribution in [3.63, 3.8) is 0 Å². The van der Waals surface area contributed by atoms with Gasteiger partial charge >= 0.3 is 12.0 Å². The molecule has 0 rings (SSSR count).